The second-order valence-corrected chi connectivity index (χ2v) is 10.2. The lowest BCUT2D eigenvalue weighted by Gasteiger charge is -2.07. The second kappa shape index (κ2) is 7.73. The zero-order valence-corrected chi connectivity index (χ0v) is 19.1. The highest BCUT2D eigenvalue weighted by Gasteiger charge is 2.20. The zero-order valence-electron chi connectivity index (χ0n) is 16.7. The van der Waals surface area contributed by atoms with Crippen molar-refractivity contribution in [2.45, 2.75) is 17.4 Å². The molecule has 0 bridgehead atoms. The lowest BCUT2D eigenvalue weighted by Crippen LogP contribution is -2.12. The number of H-pyrrole nitrogens is 2. The average Bonchev–Trinajstić information content (AvgIpc) is 3.58. The van der Waals surface area contributed by atoms with Crippen molar-refractivity contribution >= 4 is 55.6 Å². The van der Waals surface area contributed by atoms with Crippen LogP contribution in [0.1, 0.15) is 18.0 Å². The Morgan fingerprint density at radius 1 is 1.09 bits per heavy atom. The van der Waals surface area contributed by atoms with Crippen LogP contribution < -0.4 is 5.56 Å². The van der Waals surface area contributed by atoms with Crippen LogP contribution >= 0.6 is 34.4 Å². The molecule has 0 saturated heterocycles. The van der Waals surface area contributed by atoms with Crippen molar-refractivity contribution in [1.82, 2.24) is 25.1 Å². The zero-order chi connectivity index (χ0) is 21.7. The summed E-state index contributed by atoms with van der Waals surface area (Å²) >= 11 is 4.45. The Morgan fingerprint density at radius 2 is 2.00 bits per heavy atom. The SMILES string of the molecule is CC(Sc1nnc(-c2c[nH]c3ccccc23)o1)c1nc2scc(-c3cccs3)c2c(=O)[nH]1. The maximum absolute atomic E-state index is 12.9. The van der Waals surface area contributed by atoms with Crippen molar-refractivity contribution in [2.75, 3.05) is 0 Å². The van der Waals surface area contributed by atoms with Crippen LogP contribution in [0.2, 0.25) is 0 Å². The molecule has 1 unspecified atom stereocenters. The molecule has 0 aliphatic carbocycles. The number of nitrogens with zero attached hydrogens (tertiary/aromatic N) is 3. The summed E-state index contributed by atoms with van der Waals surface area (Å²) in [6.07, 6.45) is 1.87. The molecule has 6 aromatic rings. The molecule has 0 radical (unpaired) electrons. The third-order valence-corrected chi connectivity index (χ3v) is 7.86. The predicted molar refractivity (Wildman–Crippen MR) is 129 cm³/mol. The fourth-order valence-corrected chi connectivity index (χ4v) is 6.10. The third kappa shape index (κ3) is 3.27. The molecule has 1 aromatic carbocycles. The van der Waals surface area contributed by atoms with Crippen molar-refractivity contribution in [3.8, 4) is 21.9 Å². The highest BCUT2D eigenvalue weighted by molar-refractivity contribution is 7.99. The van der Waals surface area contributed by atoms with E-state index >= 15 is 0 Å². The molecule has 0 fully saturated rings. The van der Waals surface area contributed by atoms with E-state index in [1.165, 1.54) is 23.1 Å². The van der Waals surface area contributed by atoms with E-state index in [9.17, 15) is 4.79 Å². The molecule has 10 heteroatoms. The Bertz CT molecular complexity index is 1610. The van der Waals surface area contributed by atoms with Gasteiger partial charge in [0, 0.05) is 32.9 Å². The molecule has 7 nitrogen and oxygen atoms in total. The van der Waals surface area contributed by atoms with E-state index < -0.39 is 0 Å². The van der Waals surface area contributed by atoms with Crippen LogP contribution in [0, 0.1) is 0 Å². The van der Waals surface area contributed by atoms with E-state index in [1.807, 2.05) is 60.3 Å². The van der Waals surface area contributed by atoms with Crippen molar-refractivity contribution in [3.05, 3.63) is 69.5 Å². The first-order chi connectivity index (χ1) is 15.7. The van der Waals surface area contributed by atoms with Gasteiger partial charge in [-0.25, -0.2) is 4.98 Å². The fourth-order valence-electron chi connectivity index (χ4n) is 3.59. The van der Waals surface area contributed by atoms with Gasteiger partial charge in [-0.15, -0.1) is 32.9 Å². The number of fused-ring (bicyclic) bond motifs is 2. The highest BCUT2D eigenvalue weighted by Crippen LogP contribution is 2.37. The number of benzene rings is 1. The van der Waals surface area contributed by atoms with E-state index in [0.29, 0.717) is 22.3 Å². The summed E-state index contributed by atoms with van der Waals surface area (Å²) in [5, 5.41) is 14.3. The fraction of sp³-hybridized carbons (Fsp3) is 0.0909. The summed E-state index contributed by atoms with van der Waals surface area (Å²) in [6, 6.07) is 11.9. The monoisotopic (exact) mass is 477 g/mol. The lowest BCUT2D eigenvalue weighted by atomic mass is 10.2. The number of para-hydroxylation sites is 1. The molecule has 5 heterocycles. The molecule has 2 N–H and O–H groups in total. The van der Waals surface area contributed by atoms with E-state index in [0.717, 1.165) is 31.7 Å². The van der Waals surface area contributed by atoms with Crippen LogP contribution in [-0.4, -0.2) is 25.1 Å². The number of aromatic nitrogens is 5. The van der Waals surface area contributed by atoms with Gasteiger partial charge in [0.25, 0.3) is 16.7 Å². The molecular weight excluding hydrogens is 462 g/mol. The largest absolute Gasteiger partial charge is 0.411 e. The van der Waals surface area contributed by atoms with Gasteiger partial charge in [0.15, 0.2) is 0 Å². The Balaban J connectivity index is 1.29. The number of thiophene rings is 2. The Labute approximate surface area is 193 Å². The van der Waals surface area contributed by atoms with Crippen LogP contribution in [0.4, 0.5) is 0 Å². The molecule has 158 valence electrons. The number of thioether (sulfide) groups is 1. The molecule has 5 aromatic heterocycles. The molecule has 0 aliphatic heterocycles. The topological polar surface area (TPSA) is 100 Å². The summed E-state index contributed by atoms with van der Waals surface area (Å²) in [5.41, 5.74) is 2.67. The van der Waals surface area contributed by atoms with Crippen LogP contribution in [0.5, 0.6) is 0 Å². The Morgan fingerprint density at radius 3 is 2.88 bits per heavy atom. The minimum absolute atomic E-state index is 0.132. The summed E-state index contributed by atoms with van der Waals surface area (Å²) in [6.45, 7) is 1.96. The number of aromatic amines is 2. The summed E-state index contributed by atoms with van der Waals surface area (Å²) < 4.78 is 5.90. The average molecular weight is 478 g/mol. The molecule has 1 atom stereocenters. The van der Waals surface area contributed by atoms with E-state index in [2.05, 4.69) is 20.2 Å². The first kappa shape index (κ1) is 19.5. The highest BCUT2D eigenvalue weighted by atomic mass is 32.2. The maximum atomic E-state index is 12.9. The molecule has 32 heavy (non-hydrogen) atoms. The van der Waals surface area contributed by atoms with Gasteiger partial charge >= 0.3 is 0 Å². The molecule has 0 aliphatic rings. The molecule has 6 rings (SSSR count). The normalized spacial score (nSPS) is 12.7. The standard InChI is InChI=1S/C22H15N5O2S3/c1-11(18-24-19(28)17-14(10-31-21(17)25-18)16-7-4-8-30-16)32-22-27-26-20(29-22)13-9-23-15-6-3-2-5-12(13)15/h2-11,23H,1H3,(H,24,25,28). The van der Waals surface area contributed by atoms with Crippen molar-refractivity contribution in [1.29, 1.82) is 0 Å². The van der Waals surface area contributed by atoms with E-state index in [1.54, 1.807) is 11.3 Å². The number of hydrogen-bond donors (Lipinski definition) is 2. The summed E-state index contributed by atoms with van der Waals surface area (Å²) in [5.74, 6) is 1.03. The van der Waals surface area contributed by atoms with Gasteiger partial charge in [-0.05, 0) is 24.4 Å². The number of hydrogen-bond acceptors (Lipinski definition) is 8. The second-order valence-electron chi connectivity index (χ2n) is 7.14. The lowest BCUT2D eigenvalue weighted by molar-refractivity contribution is 0.465. The first-order valence-corrected chi connectivity index (χ1v) is 12.4. The van der Waals surface area contributed by atoms with Gasteiger partial charge in [-0.2, -0.15) is 0 Å². The van der Waals surface area contributed by atoms with Crippen molar-refractivity contribution in [3.63, 3.8) is 0 Å². The van der Waals surface area contributed by atoms with E-state index in [4.69, 9.17) is 9.40 Å². The van der Waals surface area contributed by atoms with Gasteiger partial charge in [0.1, 0.15) is 10.7 Å². The van der Waals surface area contributed by atoms with Gasteiger partial charge < -0.3 is 14.4 Å². The summed E-state index contributed by atoms with van der Waals surface area (Å²) in [4.78, 5) is 25.5. The van der Waals surface area contributed by atoms with Crippen molar-refractivity contribution < 1.29 is 4.42 Å². The smallest absolute Gasteiger partial charge is 0.277 e. The van der Waals surface area contributed by atoms with Crippen molar-refractivity contribution in [2.24, 2.45) is 0 Å². The number of nitrogens with one attached hydrogen (secondary N) is 2. The van der Waals surface area contributed by atoms with Crippen LogP contribution in [0.15, 0.2) is 67.8 Å². The first-order valence-electron chi connectivity index (χ1n) is 9.79. The molecular formula is C22H15N5O2S3. The Kier molecular flexibility index (Phi) is 4.71. The number of rotatable bonds is 5. The van der Waals surface area contributed by atoms with Gasteiger partial charge in [0.05, 0.1) is 16.2 Å². The quantitative estimate of drug-likeness (QED) is 0.291. The van der Waals surface area contributed by atoms with Crippen LogP contribution in [0.3, 0.4) is 0 Å². The molecule has 0 amide bonds. The van der Waals surface area contributed by atoms with Crippen LogP contribution in [0.25, 0.3) is 43.0 Å². The van der Waals surface area contributed by atoms with Gasteiger partial charge in [0.2, 0.25) is 0 Å². The molecule has 0 spiro atoms. The van der Waals surface area contributed by atoms with E-state index in [-0.39, 0.29) is 10.8 Å². The molecule has 0 saturated carbocycles. The van der Waals surface area contributed by atoms with Gasteiger partial charge in [-0.1, -0.05) is 36.0 Å². The van der Waals surface area contributed by atoms with Gasteiger partial charge in [-0.3, -0.25) is 4.79 Å². The minimum Gasteiger partial charge on any atom is -0.411 e. The van der Waals surface area contributed by atoms with Crippen LogP contribution in [-0.2, 0) is 0 Å². The predicted octanol–water partition coefficient (Wildman–Crippen LogP) is 6.10. The minimum atomic E-state index is -0.171. The summed E-state index contributed by atoms with van der Waals surface area (Å²) in [7, 11) is 0. The Hall–Kier alpha value is -3.21. The third-order valence-electron chi connectivity index (χ3n) is 5.14. The maximum Gasteiger partial charge on any atom is 0.277 e.